The number of amides is 1. The summed E-state index contributed by atoms with van der Waals surface area (Å²) >= 11 is 0.943. The second kappa shape index (κ2) is 9.48. The molecule has 33 heavy (non-hydrogen) atoms. The number of sulfone groups is 1. The molecule has 2 N–H and O–H groups in total. The summed E-state index contributed by atoms with van der Waals surface area (Å²) in [5.41, 5.74) is 1.06. The van der Waals surface area contributed by atoms with Gasteiger partial charge >= 0.3 is 0 Å². The highest BCUT2D eigenvalue weighted by molar-refractivity contribution is 7.99. The Kier molecular flexibility index (Phi) is 7.08. The molecule has 2 aromatic carbocycles. The average molecular weight is 490 g/mol. The Morgan fingerprint density at radius 2 is 1.82 bits per heavy atom. The first kappa shape index (κ1) is 24.7. The molecule has 0 fully saturated rings. The summed E-state index contributed by atoms with van der Waals surface area (Å²) in [4.78, 5) is 30.6. The van der Waals surface area contributed by atoms with Crippen molar-refractivity contribution in [3.63, 3.8) is 0 Å². The van der Waals surface area contributed by atoms with Crippen LogP contribution >= 0.6 is 11.8 Å². The second-order valence-electron chi connectivity index (χ2n) is 8.46. The third kappa shape index (κ3) is 5.88. The van der Waals surface area contributed by atoms with Gasteiger partial charge in [-0.15, -0.1) is 0 Å². The number of nitrogens with zero attached hydrogens (tertiary/aromatic N) is 1. The predicted molar refractivity (Wildman–Crippen MR) is 126 cm³/mol. The van der Waals surface area contributed by atoms with Crippen molar-refractivity contribution in [1.29, 1.82) is 0 Å². The van der Waals surface area contributed by atoms with Crippen molar-refractivity contribution in [2.45, 2.75) is 48.1 Å². The van der Waals surface area contributed by atoms with Crippen LogP contribution in [0.2, 0.25) is 0 Å². The standard InChI is InChI=1S/C23H24FN3O4S2/c1-14-11-16(24)7-10-18(14)26-20(28)13-32-22-25-12-19(21(29)27-22)33(30,31)17-8-5-15(6-9-17)23(2,3)4/h5-12H,13H2,1-4H3,(H,26,28)(H,25,27,29). The molecule has 3 rings (SSSR count). The van der Waals surface area contributed by atoms with Crippen LogP contribution in [0.15, 0.2) is 68.4 Å². The zero-order chi connectivity index (χ0) is 24.4. The monoisotopic (exact) mass is 489 g/mol. The van der Waals surface area contributed by atoms with Gasteiger partial charge in [0.25, 0.3) is 5.56 Å². The minimum atomic E-state index is -4.05. The van der Waals surface area contributed by atoms with E-state index in [4.69, 9.17) is 0 Å². The fourth-order valence-electron chi connectivity index (χ4n) is 2.98. The number of aryl methyl sites for hydroxylation is 1. The van der Waals surface area contributed by atoms with Crippen LogP contribution in [0.25, 0.3) is 0 Å². The van der Waals surface area contributed by atoms with Crippen molar-refractivity contribution in [3.8, 4) is 0 Å². The lowest BCUT2D eigenvalue weighted by Crippen LogP contribution is -2.20. The molecule has 0 saturated heterocycles. The van der Waals surface area contributed by atoms with Crippen molar-refractivity contribution in [2.24, 2.45) is 0 Å². The Hall–Kier alpha value is -2.98. The fourth-order valence-corrected chi connectivity index (χ4v) is 4.85. The zero-order valence-electron chi connectivity index (χ0n) is 18.6. The molecule has 0 atom stereocenters. The van der Waals surface area contributed by atoms with Gasteiger partial charge in [0.1, 0.15) is 5.82 Å². The number of carbonyl (C=O) groups is 1. The van der Waals surface area contributed by atoms with E-state index in [1.54, 1.807) is 19.1 Å². The Morgan fingerprint density at radius 1 is 1.15 bits per heavy atom. The molecule has 0 unspecified atom stereocenters. The van der Waals surface area contributed by atoms with E-state index in [2.05, 4.69) is 15.3 Å². The average Bonchev–Trinajstić information content (AvgIpc) is 2.73. The third-order valence-electron chi connectivity index (χ3n) is 4.87. The molecule has 0 spiro atoms. The number of halogens is 1. The van der Waals surface area contributed by atoms with Crippen molar-refractivity contribution < 1.29 is 17.6 Å². The van der Waals surface area contributed by atoms with E-state index in [0.717, 1.165) is 23.5 Å². The minimum Gasteiger partial charge on any atom is -0.325 e. The molecular formula is C23H24FN3O4S2. The van der Waals surface area contributed by atoms with E-state index in [9.17, 15) is 22.4 Å². The predicted octanol–water partition coefficient (Wildman–Crippen LogP) is 4.08. The molecule has 1 heterocycles. The van der Waals surface area contributed by atoms with Gasteiger partial charge in [-0.2, -0.15) is 0 Å². The largest absolute Gasteiger partial charge is 0.325 e. The van der Waals surface area contributed by atoms with Gasteiger partial charge in [-0.25, -0.2) is 17.8 Å². The molecule has 174 valence electrons. The van der Waals surface area contributed by atoms with Crippen LogP contribution < -0.4 is 10.9 Å². The molecule has 1 aromatic heterocycles. The van der Waals surface area contributed by atoms with Crippen LogP contribution in [-0.2, 0) is 20.0 Å². The summed E-state index contributed by atoms with van der Waals surface area (Å²) in [6.45, 7) is 7.72. The number of thioether (sulfide) groups is 1. The Morgan fingerprint density at radius 3 is 2.39 bits per heavy atom. The second-order valence-corrected chi connectivity index (χ2v) is 11.3. The summed E-state index contributed by atoms with van der Waals surface area (Å²) < 4.78 is 39.0. The number of nitrogens with one attached hydrogen (secondary N) is 2. The summed E-state index contributed by atoms with van der Waals surface area (Å²) in [7, 11) is -4.05. The number of hydrogen-bond acceptors (Lipinski definition) is 6. The van der Waals surface area contributed by atoms with Crippen molar-refractivity contribution in [1.82, 2.24) is 9.97 Å². The summed E-state index contributed by atoms with van der Waals surface area (Å²) in [5.74, 6) is -0.866. The van der Waals surface area contributed by atoms with Crippen LogP contribution in [-0.4, -0.2) is 30.0 Å². The van der Waals surface area contributed by atoms with E-state index in [0.29, 0.717) is 11.3 Å². The fraction of sp³-hybridized carbons (Fsp3) is 0.261. The maximum Gasteiger partial charge on any atom is 0.270 e. The molecule has 0 aliphatic carbocycles. The normalized spacial score (nSPS) is 11.9. The van der Waals surface area contributed by atoms with Crippen LogP contribution in [0.4, 0.5) is 10.1 Å². The number of rotatable bonds is 6. The van der Waals surface area contributed by atoms with Gasteiger partial charge in [0.2, 0.25) is 15.7 Å². The first-order chi connectivity index (χ1) is 15.4. The zero-order valence-corrected chi connectivity index (χ0v) is 20.2. The molecule has 0 saturated carbocycles. The van der Waals surface area contributed by atoms with Gasteiger partial charge in [0, 0.05) is 5.69 Å². The molecule has 3 aromatic rings. The van der Waals surface area contributed by atoms with Gasteiger partial charge < -0.3 is 10.3 Å². The number of aromatic amines is 1. The Balaban J connectivity index is 1.71. The molecule has 0 aliphatic heterocycles. The molecule has 7 nitrogen and oxygen atoms in total. The van der Waals surface area contributed by atoms with Gasteiger partial charge in [-0.3, -0.25) is 9.59 Å². The van der Waals surface area contributed by atoms with Crippen molar-refractivity contribution in [3.05, 3.63) is 76.0 Å². The summed E-state index contributed by atoms with van der Waals surface area (Å²) in [6, 6.07) is 10.4. The molecule has 0 aliphatic rings. The molecule has 1 amide bonds. The number of aromatic nitrogens is 2. The van der Waals surface area contributed by atoms with Crippen LogP contribution in [0, 0.1) is 12.7 Å². The Bertz CT molecular complexity index is 1350. The van der Waals surface area contributed by atoms with Gasteiger partial charge in [0.15, 0.2) is 10.1 Å². The number of hydrogen-bond donors (Lipinski definition) is 2. The van der Waals surface area contributed by atoms with Crippen molar-refractivity contribution >= 4 is 33.2 Å². The Labute approximate surface area is 195 Å². The van der Waals surface area contributed by atoms with Crippen LogP contribution in [0.1, 0.15) is 31.9 Å². The third-order valence-corrected chi connectivity index (χ3v) is 7.52. The lowest BCUT2D eigenvalue weighted by atomic mass is 9.87. The first-order valence-corrected chi connectivity index (χ1v) is 12.5. The summed E-state index contributed by atoms with van der Waals surface area (Å²) in [6.07, 6.45) is 0.996. The maximum absolute atomic E-state index is 13.2. The molecule has 0 radical (unpaired) electrons. The molecule has 10 heteroatoms. The highest BCUT2D eigenvalue weighted by atomic mass is 32.2. The lowest BCUT2D eigenvalue weighted by Gasteiger charge is -2.19. The molecular weight excluding hydrogens is 465 g/mol. The topological polar surface area (TPSA) is 109 Å². The number of H-pyrrole nitrogens is 1. The molecule has 0 bridgehead atoms. The highest BCUT2D eigenvalue weighted by Crippen LogP contribution is 2.25. The highest BCUT2D eigenvalue weighted by Gasteiger charge is 2.23. The first-order valence-electron chi connectivity index (χ1n) is 10.0. The SMILES string of the molecule is Cc1cc(F)ccc1NC(=O)CSc1ncc(S(=O)(=O)c2ccc(C(C)(C)C)cc2)c(=O)[nH]1. The maximum atomic E-state index is 13.2. The van der Waals surface area contributed by atoms with E-state index >= 15 is 0 Å². The minimum absolute atomic E-state index is 0.00255. The number of anilines is 1. The van der Waals surface area contributed by atoms with E-state index in [1.165, 1.54) is 30.3 Å². The van der Waals surface area contributed by atoms with Crippen LogP contribution in [0.5, 0.6) is 0 Å². The smallest absolute Gasteiger partial charge is 0.270 e. The lowest BCUT2D eigenvalue weighted by molar-refractivity contribution is -0.113. The number of carbonyl (C=O) groups excluding carboxylic acids is 1. The van der Waals surface area contributed by atoms with Crippen LogP contribution in [0.3, 0.4) is 0 Å². The van der Waals surface area contributed by atoms with E-state index in [-0.39, 0.29) is 27.1 Å². The van der Waals surface area contributed by atoms with Gasteiger partial charge in [-0.05, 0) is 53.8 Å². The van der Waals surface area contributed by atoms with Crippen molar-refractivity contribution in [2.75, 3.05) is 11.1 Å². The van der Waals surface area contributed by atoms with E-state index in [1.807, 2.05) is 20.8 Å². The van der Waals surface area contributed by atoms with Gasteiger partial charge in [0.05, 0.1) is 16.8 Å². The van der Waals surface area contributed by atoms with E-state index < -0.39 is 26.1 Å². The number of benzene rings is 2. The summed E-state index contributed by atoms with van der Waals surface area (Å²) in [5, 5.41) is 2.76. The van der Waals surface area contributed by atoms with Gasteiger partial charge in [-0.1, -0.05) is 44.7 Å². The quantitative estimate of drug-likeness (QED) is 0.399.